The highest BCUT2D eigenvalue weighted by Gasteiger charge is 2.50. The number of hydrogen-bond donors (Lipinski definition) is 1. The molecule has 0 spiro atoms. The number of piperazine rings is 1. The fourth-order valence-electron chi connectivity index (χ4n) is 5.36. The first kappa shape index (κ1) is 24.7. The van der Waals surface area contributed by atoms with Crippen molar-refractivity contribution in [2.45, 2.75) is 23.3 Å². The number of carbonyl (C=O) groups excluding carboxylic acids is 1. The van der Waals surface area contributed by atoms with Crippen LogP contribution in [0.5, 0.6) is 5.75 Å². The number of aromatic nitrogens is 1. The Balaban J connectivity index is 1.11. The van der Waals surface area contributed by atoms with Crippen LogP contribution in [0.3, 0.4) is 0 Å². The Morgan fingerprint density at radius 1 is 1.00 bits per heavy atom. The highest BCUT2D eigenvalue weighted by molar-refractivity contribution is 8.00. The monoisotopic (exact) mass is 528 g/mol. The van der Waals surface area contributed by atoms with Crippen molar-refractivity contribution >= 4 is 34.4 Å². The first-order valence-corrected chi connectivity index (χ1v) is 13.6. The highest BCUT2D eigenvalue weighted by atomic mass is 32.2. The van der Waals surface area contributed by atoms with E-state index in [1.807, 2.05) is 59.5 Å². The van der Waals surface area contributed by atoms with Gasteiger partial charge in [-0.15, -0.1) is 0 Å². The largest absolute Gasteiger partial charge is 0.495 e. The number of methoxy groups -OCH3 is 1. The topological polar surface area (TPSA) is 57.7 Å². The lowest BCUT2D eigenvalue weighted by Crippen LogP contribution is -2.52. The lowest BCUT2D eigenvalue weighted by Gasteiger charge is -2.40. The van der Waals surface area contributed by atoms with Gasteiger partial charge in [-0.05, 0) is 72.8 Å². The molecule has 1 aliphatic carbocycles. The number of ether oxygens (including phenoxy) is 1. The van der Waals surface area contributed by atoms with Gasteiger partial charge in [-0.3, -0.25) is 14.7 Å². The number of benzene rings is 3. The van der Waals surface area contributed by atoms with Gasteiger partial charge in [0.25, 0.3) is 5.91 Å². The molecule has 6 nitrogen and oxygen atoms in total. The van der Waals surface area contributed by atoms with Crippen LogP contribution in [0.1, 0.15) is 28.8 Å². The molecule has 1 aromatic heterocycles. The molecule has 1 N–H and O–H groups in total. The number of pyridine rings is 1. The average molecular weight is 529 g/mol. The van der Waals surface area contributed by atoms with Gasteiger partial charge < -0.3 is 14.4 Å². The molecule has 1 amide bonds. The predicted molar refractivity (Wildman–Crippen MR) is 149 cm³/mol. The van der Waals surface area contributed by atoms with Crippen LogP contribution >= 0.6 is 11.9 Å². The average Bonchev–Trinajstić information content (AvgIpc) is 3.78. The van der Waals surface area contributed by atoms with E-state index in [0.29, 0.717) is 24.4 Å². The van der Waals surface area contributed by atoms with E-state index in [1.54, 1.807) is 31.5 Å². The maximum atomic E-state index is 13.4. The maximum absolute atomic E-state index is 13.4. The lowest BCUT2D eigenvalue weighted by atomic mass is 10.0. The molecule has 1 aliphatic heterocycles. The zero-order valence-electron chi connectivity index (χ0n) is 21.2. The molecule has 2 heterocycles. The summed E-state index contributed by atoms with van der Waals surface area (Å²) in [6, 6.07) is 22.5. The zero-order chi connectivity index (χ0) is 26.1. The number of anilines is 1. The molecular formula is C30H29FN4O2S. The number of carbonyl (C=O) groups is 1. The number of amides is 1. The Bertz CT molecular complexity index is 1460. The summed E-state index contributed by atoms with van der Waals surface area (Å²) in [5, 5.41) is 1.08. The predicted octanol–water partition coefficient (Wildman–Crippen LogP) is 5.95. The van der Waals surface area contributed by atoms with Gasteiger partial charge in [0, 0.05) is 48.9 Å². The third kappa shape index (κ3) is 4.70. The van der Waals surface area contributed by atoms with Crippen molar-refractivity contribution in [2.75, 3.05) is 38.0 Å². The van der Waals surface area contributed by atoms with E-state index < -0.39 is 0 Å². The van der Waals surface area contributed by atoms with Crippen LogP contribution in [0.2, 0.25) is 0 Å². The van der Waals surface area contributed by atoms with Gasteiger partial charge in [0.05, 0.1) is 23.2 Å². The van der Waals surface area contributed by atoms with Crippen LogP contribution in [0.4, 0.5) is 10.1 Å². The number of nitrogens with zero attached hydrogens (tertiary/aromatic N) is 3. The fourth-order valence-corrected chi connectivity index (χ4v) is 6.17. The summed E-state index contributed by atoms with van der Waals surface area (Å²) in [4.78, 5) is 23.2. The van der Waals surface area contributed by atoms with Crippen LogP contribution < -0.4 is 9.46 Å². The van der Waals surface area contributed by atoms with Gasteiger partial charge in [0.15, 0.2) is 0 Å². The van der Waals surface area contributed by atoms with E-state index in [2.05, 4.69) is 14.6 Å². The van der Waals surface area contributed by atoms with Gasteiger partial charge in [-0.2, -0.15) is 0 Å². The molecule has 8 heteroatoms. The van der Waals surface area contributed by atoms with Crippen molar-refractivity contribution in [1.82, 2.24) is 14.8 Å². The van der Waals surface area contributed by atoms with Crippen molar-refractivity contribution in [2.24, 2.45) is 0 Å². The molecule has 3 aromatic carbocycles. The van der Waals surface area contributed by atoms with Crippen LogP contribution in [0.25, 0.3) is 10.9 Å². The van der Waals surface area contributed by atoms with E-state index in [4.69, 9.17) is 4.74 Å². The summed E-state index contributed by atoms with van der Waals surface area (Å²) in [5.74, 6) is 0.413. The molecule has 0 bridgehead atoms. The van der Waals surface area contributed by atoms with Crippen molar-refractivity contribution < 1.29 is 13.9 Å². The summed E-state index contributed by atoms with van der Waals surface area (Å²) in [7, 11) is 1.61. The summed E-state index contributed by atoms with van der Waals surface area (Å²) in [6.07, 6.45) is 3.94. The summed E-state index contributed by atoms with van der Waals surface area (Å²) >= 11 is 1.47. The number of para-hydroxylation sites is 1. The summed E-state index contributed by atoms with van der Waals surface area (Å²) in [5.41, 5.74) is 3.50. The molecule has 0 unspecified atom stereocenters. The van der Waals surface area contributed by atoms with Gasteiger partial charge >= 0.3 is 0 Å². The Morgan fingerprint density at radius 2 is 1.76 bits per heavy atom. The minimum atomic E-state index is -0.208. The van der Waals surface area contributed by atoms with Crippen LogP contribution in [-0.4, -0.2) is 54.0 Å². The third-order valence-corrected chi connectivity index (χ3v) is 8.46. The number of rotatable bonds is 7. The van der Waals surface area contributed by atoms with E-state index in [1.165, 1.54) is 17.5 Å². The Morgan fingerprint density at radius 3 is 2.50 bits per heavy atom. The second-order valence-electron chi connectivity index (χ2n) is 9.77. The first-order valence-electron chi connectivity index (χ1n) is 12.8. The van der Waals surface area contributed by atoms with Crippen LogP contribution in [0, 0.1) is 5.82 Å². The van der Waals surface area contributed by atoms with E-state index in [9.17, 15) is 9.18 Å². The molecule has 2 aliphatic rings. The molecule has 1 saturated heterocycles. The minimum absolute atomic E-state index is 0.00333. The maximum Gasteiger partial charge on any atom is 0.254 e. The number of halogens is 1. The van der Waals surface area contributed by atoms with Crippen LogP contribution in [-0.2, 0) is 5.54 Å². The molecule has 0 radical (unpaired) electrons. The minimum Gasteiger partial charge on any atom is -0.495 e. The van der Waals surface area contributed by atoms with Gasteiger partial charge in [-0.25, -0.2) is 4.39 Å². The number of fused-ring (bicyclic) bond motifs is 1. The number of hydrogen-bond acceptors (Lipinski definition) is 6. The van der Waals surface area contributed by atoms with E-state index >= 15 is 0 Å². The molecule has 2 fully saturated rings. The number of nitrogens with one attached hydrogen (secondary N) is 1. The molecule has 6 rings (SSSR count). The SMILES string of the molecule is COc1cc(C(=O)N2CCN(C3(c4ccc(F)cc4)CC3)CC2)ccc1NSc1cccc2cccnc12. The summed E-state index contributed by atoms with van der Waals surface area (Å²) in [6.45, 7) is 2.92. The van der Waals surface area contributed by atoms with Crippen molar-refractivity contribution in [1.29, 1.82) is 0 Å². The third-order valence-electron chi connectivity index (χ3n) is 7.59. The fraction of sp³-hybridized carbons (Fsp3) is 0.267. The Kier molecular flexibility index (Phi) is 6.68. The molecule has 194 valence electrons. The van der Waals surface area contributed by atoms with Crippen molar-refractivity contribution in [3.05, 3.63) is 95.9 Å². The second-order valence-corrected chi connectivity index (χ2v) is 10.6. The molecule has 0 atom stereocenters. The van der Waals surface area contributed by atoms with Gasteiger partial charge in [0.1, 0.15) is 11.6 Å². The molecular weight excluding hydrogens is 499 g/mol. The van der Waals surface area contributed by atoms with Gasteiger partial charge in [-0.1, -0.05) is 30.3 Å². The molecule has 1 saturated carbocycles. The second kappa shape index (κ2) is 10.3. The van der Waals surface area contributed by atoms with Gasteiger partial charge in [0.2, 0.25) is 0 Å². The zero-order valence-corrected chi connectivity index (χ0v) is 22.0. The van der Waals surface area contributed by atoms with E-state index in [-0.39, 0.29) is 17.3 Å². The lowest BCUT2D eigenvalue weighted by molar-refractivity contribution is 0.0531. The normalized spacial score (nSPS) is 16.8. The standard InChI is InChI=1S/C30H29FN4O2S/c1-37-26-20-22(7-12-25(26)33-38-27-6-2-4-21-5-3-15-32-28(21)27)29(36)34-16-18-35(19-17-34)30(13-14-30)23-8-10-24(31)11-9-23/h2-12,15,20,33H,13-14,16-19H2,1H3. The van der Waals surface area contributed by atoms with Crippen LogP contribution in [0.15, 0.2) is 83.9 Å². The molecule has 38 heavy (non-hydrogen) atoms. The quantitative estimate of drug-likeness (QED) is 0.299. The van der Waals surface area contributed by atoms with E-state index in [0.717, 1.165) is 47.4 Å². The van der Waals surface area contributed by atoms with Crippen molar-refractivity contribution in [3.8, 4) is 5.75 Å². The molecule has 4 aromatic rings. The smallest absolute Gasteiger partial charge is 0.254 e. The highest BCUT2D eigenvalue weighted by Crippen LogP contribution is 2.51. The summed E-state index contributed by atoms with van der Waals surface area (Å²) < 4.78 is 22.4. The first-order chi connectivity index (χ1) is 18.6. The Hall–Kier alpha value is -3.62. The Labute approximate surface area is 225 Å². The van der Waals surface area contributed by atoms with Crippen molar-refractivity contribution in [3.63, 3.8) is 0 Å².